The second-order valence-corrected chi connectivity index (χ2v) is 3.68. The fourth-order valence-electron chi connectivity index (χ4n) is 1.81. The molecule has 68 valence electrons. The van der Waals surface area contributed by atoms with Crippen molar-refractivity contribution in [2.45, 2.75) is 32.2 Å². The van der Waals surface area contributed by atoms with Gasteiger partial charge in [0.15, 0.2) is 0 Å². The highest BCUT2D eigenvalue weighted by atomic mass is 14.8. The molecule has 0 aliphatic carbocycles. The van der Waals surface area contributed by atoms with Gasteiger partial charge in [0.2, 0.25) is 0 Å². The van der Waals surface area contributed by atoms with Gasteiger partial charge < -0.3 is 0 Å². The van der Waals surface area contributed by atoms with Crippen molar-refractivity contribution in [1.29, 1.82) is 0 Å². The monoisotopic (exact) mass is 173 g/mol. The van der Waals surface area contributed by atoms with Crippen molar-refractivity contribution in [3.63, 3.8) is 0 Å². The number of benzene rings is 1. The Bertz CT molecular complexity index is 300. The molecule has 0 saturated carbocycles. The molecule has 1 aromatic rings. The van der Waals surface area contributed by atoms with Crippen LogP contribution >= 0.6 is 0 Å². The van der Waals surface area contributed by atoms with E-state index in [1.807, 2.05) is 0 Å². The highest BCUT2D eigenvalue weighted by Gasteiger charge is 2.11. The molecule has 0 bridgehead atoms. The summed E-state index contributed by atoms with van der Waals surface area (Å²) in [4.78, 5) is 4.67. The van der Waals surface area contributed by atoms with E-state index in [0.29, 0.717) is 6.04 Å². The molecule has 0 radical (unpaired) electrons. The smallest absolute Gasteiger partial charge is 0.0475 e. The Hall–Kier alpha value is -1.11. The highest BCUT2D eigenvalue weighted by molar-refractivity contribution is 6.00. The topological polar surface area (TPSA) is 12.4 Å². The molecule has 0 saturated heterocycles. The van der Waals surface area contributed by atoms with Gasteiger partial charge in [0.25, 0.3) is 0 Å². The fourth-order valence-corrected chi connectivity index (χ4v) is 1.81. The molecule has 0 spiro atoms. The first-order chi connectivity index (χ1) is 6.36. The molecule has 1 heteroatoms. The predicted molar refractivity (Wildman–Crippen MR) is 56.3 cm³/mol. The van der Waals surface area contributed by atoms with Gasteiger partial charge in [0.05, 0.1) is 0 Å². The van der Waals surface area contributed by atoms with E-state index in [1.54, 1.807) is 0 Å². The Labute approximate surface area is 79.5 Å². The molecule has 1 nitrogen and oxygen atoms in total. The van der Waals surface area contributed by atoms with Crippen molar-refractivity contribution in [3.8, 4) is 0 Å². The molecule has 2 rings (SSSR count). The van der Waals surface area contributed by atoms with Crippen LogP contribution in [0.1, 0.15) is 31.7 Å². The lowest BCUT2D eigenvalue weighted by Crippen LogP contribution is -2.13. The zero-order valence-electron chi connectivity index (χ0n) is 8.03. The maximum Gasteiger partial charge on any atom is 0.0475 e. The van der Waals surface area contributed by atoms with Gasteiger partial charge in [-0.15, -0.1) is 0 Å². The highest BCUT2D eigenvalue weighted by Crippen LogP contribution is 2.17. The molecule has 0 N–H and O–H groups in total. The molecule has 0 fully saturated rings. The van der Waals surface area contributed by atoms with Gasteiger partial charge in [-0.2, -0.15) is 0 Å². The largest absolute Gasteiger partial charge is 0.286 e. The summed E-state index contributed by atoms with van der Waals surface area (Å²) in [5, 5.41) is 0. The molecule has 1 heterocycles. The van der Waals surface area contributed by atoms with E-state index >= 15 is 0 Å². The van der Waals surface area contributed by atoms with Gasteiger partial charge in [0.1, 0.15) is 0 Å². The fraction of sp³-hybridized carbons (Fsp3) is 0.417. The minimum Gasteiger partial charge on any atom is -0.286 e. The average Bonchev–Trinajstić information content (AvgIpc) is 2.19. The summed E-state index contributed by atoms with van der Waals surface area (Å²) in [5.41, 5.74) is 2.59. The lowest BCUT2D eigenvalue weighted by Gasteiger charge is -2.16. The molecule has 0 aromatic heterocycles. The van der Waals surface area contributed by atoms with Crippen molar-refractivity contribution in [2.75, 3.05) is 0 Å². The number of nitrogens with zero attached hydrogens (tertiary/aromatic N) is 1. The Morgan fingerprint density at radius 2 is 2.00 bits per heavy atom. The van der Waals surface area contributed by atoms with E-state index in [9.17, 15) is 0 Å². The maximum absolute atomic E-state index is 4.67. The predicted octanol–water partition coefficient (Wildman–Crippen LogP) is 3.05. The van der Waals surface area contributed by atoms with E-state index < -0.39 is 0 Å². The van der Waals surface area contributed by atoms with Crippen LogP contribution in [0.2, 0.25) is 0 Å². The second kappa shape index (κ2) is 3.73. The summed E-state index contributed by atoms with van der Waals surface area (Å²) < 4.78 is 0. The Balaban J connectivity index is 2.26. The molecule has 1 atom stereocenters. The first-order valence-corrected chi connectivity index (χ1v) is 4.98. The van der Waals surface area contributed by atoms with E-state index in [1.165, 1.54) is 24.1 Å². The third kappa shape index (κ3) is 1.97. The summed E-state index contributed by atoms with van der Waals surface area (Å²) >= 11 is 0. The van der Waals surface area contributed by atoms with E-state index in [4.69, 9.17) is 0 Å². The van der Waals surface area contributed by atoms with Gasteiger partial charge in [-0.05, 0) is 31.7 Å². The van der Waals surface area contributed by atoms with Crippen molar-refractivity contribution >= 4 is 5.71 Å². The number of hydrogen-bond acceptors (Lipinski definition) is 1. The first kappa shape index (κ1) is 8.49. The zero-order chi connectivity index (χ0) is 9.10. The van der Waals surface area contributed by atoms with Crippen molar-refractivity contribution in [3.05, 3.63) is 35.9 Å². The lowest BCUT2D eigenvalue weighted by atomic mass is 9.99. The zero-order valence-corrected chi connectivity index (χ0v) is 8.03. The second-order valence-electron chi connectivity index (χ2n) is 3.68. The third-order valence-electron chi connectivity index (χ3n) is 2.52. The summed E-state index contributed by atoms with van der Waals surface area (Å²) in [5.74, 6) is 0. The molecular weight excluding hydrogens is 158 g/mol. The molecule has 0 amide bonds. The summed E-state index contributed by atoms with van der Waals surface area (Å²) in [6, 6.07) is 11.0. The minimum absolute atomic E-state index is 0.518. The van der Waals surface area contributed by atoms with Crippen LogP contribution in [0.25, 0.3) is 0 Å². The van der Waals surface area contributed by atoms with Crippen LogP contribution in [0, 0.1) is 0 Å². The molecule has 1 aromatic carbocycles. The van der Waals surface area contributed by atoms with Crippen LogP contribution < -0.4 is 0 Å². The van der Waals surface area contributed by atoms with Crippen molar-refractivity contribution in [1.82, 2.24) is 0 Å². The average molecular weight is 173 g/mol. The standard InChI is InChI=1S/C12H15N/c1-10-6-5-9-12(13-10)11-7-3-2-4-8-11/h2-4,7-8,10H,5-6,9H2,1H3/t10-/m1/s1. The third-order valence-corrected chi connectivity index (χ3v) is 2.52. The van der Waals surface area contributed by atoms with Crippen molar-refractivity contribution in [2.24, 2.45) is 4.99 Å². The van der Waals surface area contributed by atoms with E-state index in [-0.39, 0.29) is 0 Å². The van der Waals surface area contributed by atoms with E-state index in [0.717, 1.165) is 6.42 Å². The van der Waals surface area contributed by atoms with Crippen LogP contribution in [0.4, 0.5) is 0 Å². The Kier molecular flexibility index (Phi) is 2.44. The van der Waals surface area contributed by atoms with Crippen LogP contribution in [-0.2, 0) is 0 Å². The number of hydrogen-bond donors (Lipinski definition) is 0. The summed E-state index contributed by atoms with van der Waals surface area (Å²) in [6.45, 7) is 2.20. The van der Waals surface area contributed by atoms with Gasteiger partial charge in [-0.1, -0.05) is 30.3 Å². The minimum atomic E-state index is 0.518. The van der Waals surface area contributed by atoms with Gasteiger partial charge >= 0.3 is 0 Å². The molecule has 13 heavy (non-hydrogen) atoms. The SMILES string of the molecule is C[C@@H]1CCCC(c2ccccc2)=N1. The van der Waals surface area contributed by atoms with Crippen LogP contribution in [0.5, 0.6) is 0 Å². The molecule has 1 aliphatic rings. The number of rotatable bonds is 1. The van der Waals surface area contributed by atoms with E-state index in [2.05, 4.69) is 42.2 Å². The van der Waals surface area contributed by atoms with Crippen LogP contribution in [0.3, 0.4) is 0 Å². The number of aliphatic imine (C=N–C) groups is 1. The van der Waals surface area contributed by atoms with Crippen LogP contribution in [0.15, 0.2) is 35.3 Å². The van der Waals surface area contributed by atoms with Crippen LogP contribution in [-0.4, -0.2) is 11.8 Å². The molecular formula is C12H15N. The molecule has 0 unspecified atom stereocenters. The van der Waals surface area contributed by atoms with Gasteiger partial charge in [0, 0.05) is 11.8 Å². The van der Waals surface area contributed by atoms with Gasteiger partial charge in [-0.25, -0.2) is 0 Å². The maximum atomic E-state index is 4.67. The first-order valence-electron chi connectivity index (χ1n) is 4.98. The summed E-state index contributed by atoms with van der Waals surface area (Å²) in [7, 11) is 0. The summed E-state index contributed by atoms with van der Waals surface area (Å²) in [6.07, 6.45) is 3.68. The lowest BCUT2D eigenvalue weighted by molar-refractivity contribution is 0.610. The Morgan fingerprint density at radius 1 is 1.23 bits per heavy atom. The molecule has 1 aliphatic heterocycles. The van der Waals surface area contributed by atoms with Crippen molar-refractivity contribution < 1.29 is 0 Å². The quantitative estimate of drug-likeness (QED) is 0.619. The Morgan fingerprint density at radius 3 is 2.69 bits per heavy atom. The normalized spacial score (nSPS) is 22.5. The van der Waals surface area contributed by atoms with Gasteiger partial charge in [-0.3, -0.25) is 4.99 Å².